The van der Waals surface area contributed by atoms with E-state index in [0.29, 0.717) is 19.3 Å². The van der Waals surface area contributed by atoms with Crippen LogP contribution in [0.1, 0.15) is 265 Å². The summed E-state index contributed by atoms with van der Waals surface area (Å²) in [5.41, 5.74) is 0. The second-order valence-corrected chi connectivity index (χ2v) is 21.9. The lowest BCUT2D eigenvalue weighted by molar-refractivity contribution is -0.161. The molecule has 0 aromatic heterocycles. The fourth-order valence-corrected chi connectivity index (χ4v) is 9.08. The number of phosphoric ester groups is 1. The van der Waals surface area contributed by atoms with Crippen LogP contribution in [-0.2, 0) is 42.2 Å². The highest BCUT2D eigenvalue weighted by Crippen LogP contribution is 2.43. The molecule has 0 aromatic rings. The Bertz CT molecular complexity index is 1680. The second kappa shape index (κ2) is 59.5. The molecule has 0 fully saturated rings. The van der Waals surface area contributed by atoms with E-state index in [4.69, 9.17) is 23.3 Å². The average Bonchev–Trinajstić information content (AvgIpc) is 3.43. The molecule has 0 heterocycles. The van der Waals surface area contributed by atoms with Crippen LogP contribution in [0.15, 0.2) is 97.2 Å². The number of ether oxygens (including phenoxy) is 3. The van der Waals surface area contributed by atoms with Crippen LogP contribution < -0.4 is 0 Å². The summed E-state index contributed by atoms with van der Waals surface area (Å²) in [4.78, 5) is 48.7. The number of allylic oxidation sites excluding steroid dienone is 16. The largest absolute Gasteiger partial charge is 0.472 e. The number of hydrogen-bond acceptors (Lipinski definition) is 10. The number of rotatable bonds is 57. The number of unbranched alkanes of at least 4 members (excludes halogenated alkanes) is 24. The number of aliphatic hydroxyl groups excluding tert-OH is 1. The van der Waals surface area contributed by atoms with Crippen molar-refractivity contribution in [3.8, 4) is 0 Å². The van der Waals surface area contributed by atoms with Crippen molar-refractivity contribution >= 4 is 25.7 Å². The third-order valence-electron chi connectivity index (χ3n) is 13.0. The van der Waals surface area contributed by atoms with Gasteiger partial charge in [-0.1, -0.05) is 227 Å². The van der Waals surface area contributed by atoms with Crippen molar-refractivity contribution in [2.75, 3.05) is 26.4 Å². The van der Waals surface area contributed by atoms with E-state index in [2.05, 4.69) is 118 Å². The van der Waals surface area contributed by atoms with Crippen molar-refractivity contribution in [1.29, 1.82) is 0 Å². The maximum absolute atomic E-state index is 12.9. The van der Waals surface area contributed by atoms with E-state index < -0.39 is 57.8 Å². The highest BCUT2D eigenvalue weighted by molar-refractivity contribution is 7.47. The van der Waals surface area contributed by atoms with Gasteiger partial charge in [-0.3, -0.25) is 23.4 Å². The Morgan fingerprint density at radius 2 is 0.667 bits per heavy atom. The van der Waals surface area contributed by atoms with Gasteiger partial charge < -0.3 is 24.2 Å². The topological polar surface area (TPSA) is 155 Å². The molecular weight excluding hydrogens is 1000 g/mol. The van der Waals surface area contributed by atoms with Crippen molar-refractivity contribution < 1.29 is 52.2 Å². The minimum atomic E-state index is -4.76. The Kier molecular flexibility index (Phi) is 56.8. The van der Waals surface area contributed by atoms with Gasteiger partial charge in [0.1, 0.15) is 12.7 Å². The van der Waals surface area contributed by atoms with Gasteiger partial charge in [-0.05, 0) is 116 Å². The van der Waals surface area contributed by atoms with Gasteiger partial charge in [-0.15, -0.1) is 0 Å². The van der Waals surface area contributed by atoms with Crippen molar-refractivity contribution in [3.63, 3.8) is 0 Å². The molecule has 0 bridgehead atoms. The molecule has 448 valence electrons. The number of phosphoric acid groups is 1. The third kappa shape index (κ3) is 57.1. The Labute approximate surface area is 476 Å². The van der Waals surface area contributed by atoms with Gasteiger partial charge in [0.05, 0.1) is 19.8 Å². The standard InChI is InChI=1S/C66H113O11P/c1-4-7-10-13-16-19-22-25-28-31-34-37-40-43-46-49-52-55-64(68)73-59-63(77-66(70)57-54-51-48-45-42-39-36-33-30-27-24-21-18-15-12-9-6-3)61-75-78(71,72)74-60-62(58-67)76-65(69)56-53-50-47-44-41-38-35-32-29-26-23-20-17-14-11-8-5-2/h8-9,11-12,16-21,25-30,62-63,67H,4-7,10,13-15,22-24,31-61H2,1-3H3,(H,71,72)/b11-8-,12-9-,19-16-,20-17-,21-18-,28-25-,29-26-,30-27-. The van der Waals surface area contributed by atoms with E-state index in [9.17, 15) is 28.9 Å². The van der Waals surface area contributed by atoms with E-state index in [1.54, 1.807) is 0 Å². The molecule has 2 N–H and O–H groups in total. The van der Waals surface area contributed by atoms with E-state index in [-0.39, 0.29) is 25.9 Å². The SMILES string of the molecule is CC/C=C\C/C=C\C/C=C\CCCCCCCCCC(=O)OC(CO)COP(=O)(O)OCC(COC(=O)CCCCCCCCC/C=C\C/C=C\CCCCC)OC(=O)CCCCCCCCC/C=C\C/C=C\C/C=C\CC. The molecule has 0 radical (unpaired) electrons. The van der Waals surface area contributed by atoms with Crippen LogP contribution in [0.3, 0.4) is 0 Å². The van der Waals surface area contributed by atoms with E-state index in [1.807, 2.05) is 0 Å². The molecule has 0 aromatic carbocycles. The number of aliphatic hydroxyl groups is 1. The third-order valence-corrected chi connectivity index (χ3v) is 13.9. The summed E-state index contributed by atoms with van der Waals surface area (Å²) in [5, 5.41) is 9.85. The Morgan fingerprint density at radius 1 is 0.372 bits per heavy atom. The fourth-order valence-electron chi connectivity index (χ4n) is 8.30. The first-order valence-electron chi connectivity index (χ1n) is 31.1. The van der Waals surface area contributed by atoms with Crippen molar-refractivity contribution in [2.24, 2.45) is 0 Å². The Morgan fingerprint density at radius 3 is 1.03 bits per heavy atom. The van der Waals surface area contributed by atoms with Crippen molar-refractivity contribution in [3.05, 3.63) is 97.2 Å². The monoisotopic (exact) mass is 1110 g/mol. The predicted octanol–water partition coefficient (Wildman–Crippen LogP) is 18.8. The normalized spacial score (nSPS) is 14.0. The van der Waals surface area contributed by atoms with Crippen LogP contribution in [0, 0.1) is 0 Å². The van der Waals surface area contributed by atoms with Crippen molar-refractivity contribution in [2.45, 2.75) is 277 Å². The number of carbonyl (C=O) groups excluding carboxylic acids is 3. The second-order valence-electron chi connectivity index (χ2n) is 20.5. The molecule has 0 saturated heterocycles. The van der Waals surface area contributed by atoms with Crippen LogP contribution in [0.25, 0.3) is 0 Å². The molecule has 12 heteroatoms. The summed E-state index contributed by atoms with van der Waals surface area (Å²) >= 11 is 0. The summed E-state index contributed by atoms with van der Waals surface area (Å²) in [6, 6.07) is 0. The van der Waals surface area contributed by atoms with E-state index in [0.717, 1.165) is 148 Å². The first kappa shape index (κ1) is 74.4. The molecule has 0 aliphatic rings. The van der Waals surface area contributed by atoms with Gasteiger partial charge in [0.25, 0.3) is 0 Å². The lowest BCUT2D eigenvalue weighted by Crippen LogP contribution is -2.30. The lowest BCUT2D eigenvalue weighted by Gasteiger charge is -2.21. The highest BCUT2D eigenvalue weighted by Gasteiger charge is 2.28. The smallest absolute Gasteiger partial charge is 0.462 e. The molecule has 0 amide bonds. The number of carbonyl (C=O) groups is 3. The maximum atomic E-state index is 12.9. The fraction of sp³-hybridized carbons (Fsp3) is 0.712. The maximum Gasteiger partial charge on any atom is 0.472 e. The molecule has 78 heavy (non-hydrogen) atoms. The van der Waals surface area contributed by atoms with E-state index in [1.165, 1.54) is 57.8 Å². The molecule has 3 unspecified atom stereocenters. The Hall–Kier alpha value is -3.60. The van der Waals surface area contributed by atoms with Gasteiger partial charge in [-0.25, -0.2) is 4.57 Å². The molecule has 3 atom stereocenters. The van der Waals surface area contributed by atoms with Gasteiger partial charge in [0.2, 0.25) is 0 Å². The molecule has 0 aliphatic carbocycles. The van der Waals surface area contributed by atoms with Gasteiger partial charge in [0.15, 0.2) is 6.10 Å². The minimum Gasteiger partial charge on any atom is -0.462 e. The van der Waals surface area contributed by atoms with Crippen LogP contribution in [0.4, 0.5) is 0 Å². The first-order valence-corrected chi connectivity index (χ1v) is 32.6. The van der Waals surface area contributed by atoms with Crippen LogP contribution in [0.2, 0.25) is 0 Å². The summed E-state index contributed by atoms with van der Waals surface area (Å²) in [6.07, 6.45) is 70.6. The Balaban J connectivity index is 4.73. The summed E-state index contributed by atoms with van der Waals surface area (Å²) in [7, 11) is -4.76. The van der Waals surface area contributed by atoms with Gasteiger partial charge >= 0.3 is 25.7 Å². The number of hydrogen-bond donors (Lipinski definition) is 2. The first-order chi connectivity index (χ1) is 38.2. The highest BCUT2D eigenvalue weighted by atomic mass is 31.2. The molecule has 11 nitrogen and oxygen atoms in total. The zero-order valence-corrected chi connectivity index (χ0v) is 50.5. The summed E-state index contributed by atoms with van der Waals surface area (Å²) in [6.45, 7) is 4.39. The average molecular weight is 1110 g/mol. The number of esters is 3. The van der Waals surface area contributed by atoms with Gasteiger partial charge in [0, 0.05) is 19.3 Å². The van der Waals surface area contributed by atoms with Gasteiger partial charge in [-0.2, -0.15) is 0 Å². The van der Waals surface area contributed by atoms with Crippen LogP contribution in [-0.4, -0.2) is 66.5 Å². The predicted molar refractivity (Wildman–Crippen MR) is 325 cm³/mol. The van der Waals surface area contributed by atoms with E-state index >= 15 is 0 Å². The summed E-state index contributed by atoms with van der Waals surface area (Å²) in [5.74, 6) is -1.49. The molecular formula is C66H113O11P. The zero-order chi connectivity index (χ0) is 56.9. The molecule has 0 spiro atoms. The van der Waals surface area contributed by atoms with Crippen LogP contribution in [0.5, 0.6) is 0 Å². The molecule has 0 rings (SSSR count). The minimum absolute atomic E-state index is 0.150. The molecule has 0 saturated carbocycles. The summed E-state index contributed by atoms with van der Waals surface area (Å²) < 4.78 is 39.6. The van der Waals surface area contributed by atoms with Crippen molar-refractivity contribution in [1.82, 2.24) is 0 Å². The lowest BCUT2D eigenvalue weighted by atomic mass is 10.1. The zero-order valence-electron chi connectivity index (χ0n) is 49.6. The van der Waals surface area contributed by atoms with Crippen LogP contribution >= 0.6 is 7.82 Å². The molecule has 0 aliphatic heterocycles. The quantitative estimate of drug-likeness (QED) is 0.0197.